The Balaban J connectivity index is 1.26. The van der Waals surface area contributed by atoms with Crippen molar-refractivity contribution in [1.29, 1.82) is 0 Å². The zero-order chi connectivity index (χ0) is 21.9. The van der Waals surface area contributed by atoms with E-state index in [2.05, 4.69) is 64.2 Å². The summed E-state index contributed by atoms with van der Waals surface area (Å²) in [5.41, 5.74) is 4.89. The number of piperazine rings is 1. The molecule has 0 bridgehead atoms. The van der Waals surface area contributed by atoms with Crippen molar-refractivity contribution in [1.82, 2.24) is 9.88 Å². The molecule has 1 saturated carbocycles. The van der Waals surface area contributed by atoms with Crippen LogP contribution in [0.2, 0.25) is 0 Å². The second-order valence-electron chi connectivity index (χ2n) is 9.10. The molecule has 1 aliphatic heterocycles. The summed E-state index contributed by atoms with van der Waals surface area (Å²) >= 11 is 0. The van der Waals surface area contributed by atoms with Crippen LogP contribution in [0.1, 0.15) is 47.9 Å². The maximum absolute atomic E-state index is 12.4. The van der Waals surface area contributed by atoms with Gasteiger partial charge >= 0.3 is 0 Å². The Labute approximate surface area is 190 Å². The van der Waals surface area contributed by atoms with Gasteiger partial charge in [0.15, 0.2) is 0 Å². The Bertz CT molecular complexity index is 1040. The number of ketones is 1. The van der Waals surface area contributed by atoms with E-state index in [0.29, 0.717) is 18.1 Å². The smallest absolute Gasteiger partial charge is 0.215 e. The first-order chi connectivity index (χ1) is 15.7. The molecule has 5 heteroatoms. The Kier molecular flexibility index (Phi) is 6.08. The molecular weight excluding hydrogens is 398 g/mol. The average Bonchev–Trinajstić information content (AvgIpc) is 3.29. The lowest BCUT2D eigenvalue weighted by Gasteiger charge is -2.40. The number of benzene rings is 2. The van der Waals surface area contributed by atoms with Crippen molar-refractivity contribution in [3.63, 3.8) is 0 Å². The van der Waals surface area contributed by atoms with Crippen molar-refractivity contribution in [3.8, 4) is 0 Å². The molecule has 2 fully saturated rings. The second kappa shape index (κ2) is 9.29. The standard InChI is InChI=1S/C27H31N3O2/c1-20-18-21(19-25(31)22-8-5-9-22)10-11-24(20)29-13-15-30(16-14-29)26(27-28-12-17-32-27)23-6-3-2-4-7-23/h2-4,6-7,10-12,17-18,22,26H,5,8-9,13-16,19H2,1H3. The van der Waals surface area contributed by atoms with E-state index in [1.54, 1.807) is 12.5 Å². The highest BCUT2D eigenvalue weighted by Gasteiger charge is 2.30. The van der Waals surface area contributed by atoms with Gasteiger partial charge in [-0.3, -0.25) is 9.69 Å². The molecular formula is C27H31N3O2. The summed E-state index contributed by atoms with van der Waals surface area (Å²) in [6, 6.07) is 17.1. The van der Waals surface area contributed by atoms with Gasteiger partial charge < -0.3 is 9.32 Å². The molecule has 0 radical (unpaired) electrons. The SMILES string of the molecule is Cc1cc(CC(=O)C2CCC2)ccc1N1CCN(C(c2ccccc2)c2ncco2)CC1. The van der Waals surface area contributed by atoms with Crippen LogP contribution in [0.5, 0.6) is 0 Å². The van der Waals surface area contributed by atoms with Crippen LogP contribution in [-0.2, 0) is 11.2 Å². The van der Waals surface area contributed by atoms with Crippen molar-refractivity contribution < 1.29 is 9.21 Å². The first-order valence-corrected chi connectivity index (χ1v) is 11.7. The minimum absolute atomic E-state index is 0.0364. The molecule has 1 aromatic heterocycles. The number of anilines is 1. The van der Waals surface area contributed by atoms with Gasteiger partial charge in [0.2, 0.25) is 5.89 Å². The molecule has 2 aliphatic rings. The predicted octanol–water partition coefficient (Wildman–Crippen LogP) is 4.81. The fourth-order valence-corrected chi connectivity index (χ4v) is 4.99. The van der Waals surface area contributed by atoms with Crippen molar-refractivity contribution in [2.75, 3.05) is 31.1 Å². The van der Waals surface area contributed by atoms with Crippen LogP contribution in [0.4, 0.5) is 5.69 Å². The summed E-state index contributed by atoms with van der Waals surface area (Å²) in [7, 11) is 0. The molecule has 2 aromatic carbocycles. The van der Waals surface area contributed by atoms with E-state index in [1.807, 2.05) is 6.07 Å². The van der Waals surface area contributed by atoms with Gasteiger partial charge in [0.1, 0.15) is 18.1 Å². The van der Waals surface area contributed by atoms with Gasteiger partial charge in [0.05, 0.1) is 6.20 Å². The molecule has 0 N–H and O–H groups in total. The fraction of sp³-hybridized carbons (Fsp3) is 0.407. The predicted molar refractivity (Wildman–Crippen MR) is 126 cm³/mol. The molecule has 1 saturated heterocycles. The number of hydrogen-bond donors (Lipinski definition) is 0. The minimum atomic E-state index is 0.0364. The summed E-state index contributed by atoms with van der Waals surface area (Å²) in [6.07, 6.45) is 7.33. The number of hydrogen-bond acceptors (Lipinski definition) is 5. The maximum Gasteiger partial charge on any atom is 0.215 e. The van der Waals surface area contributed by atoms with Crippen LogP contribution in [-0.4, -0.2) is 41.8 Å². The van der Waals surface area contributed by atoms with E-state index in [1.165, 1.54) is 23.2 Å². The van der Waals surface area contributed by atoms with Gasteiger partial charge in [-0.25, -0.2) is 4.98 Å². The Morgan fingerprint density at radius 2 is 1.88 bits per heavy atom. The van der Waals surface area contributed by atoms with Gasteiger partial charge in [0, 0.05) is 44.2 Å². The number of rotatable bonds is 7. The molecule has 1 aliphatic carbocycles. The molecule has 1 atom stereocenters. The molecule has 5 nitrogen and oxygen atoms in total. The van der Waals surface area contributed by atoms with Gasteiger partial charge in [-0.1, -0.05) is 48.9 Å². The number of nitrogens with zero attached hydrogens (tertiary/aromatic N) is 3. The molecule has 5 rings (SSSR count). The normalized spacial score (nSPS) is 18.3. The monoisotopic (exact) mass is 429 g/mol. The number of aryl methyl sites for hydroxylation is 1. The average molecular weight is 430 g/mol. The number of carbonyl (C=O) groups is 1. The summed E-state index contributed by atoms with van der Waals surface area (Å²) in [5.74, 6) is 1.47. The summed E-state index contributed by atoms with van der Waals surface area (Å²) in [6.45, 7) is 5.93. The molecule has 0 spiro atoms. The van der Waals surface area contributed by atoms with Crippen LogP contribution < -0.4 is 4.90 Å². The van der Waals surface area contributed by atoms with E-state index in [0.717, 1.165) is 50.5 Å². The van der Waals surface area contributed by atoms with Gasteiger partial charge in [0.25, 0.3) is 0 Å². The molecule has 166 valence electrons. The number of aromatic nitrogens is 1. The largest absolute Gasteiger partial charge is 0.447 e. The van der Waals surface area contributed by atoms with Crippen molar-refractivity contribution in [2.45, 2.75) is 38.6 Å². The van der Waals surface area contributed by atoms with Gasteiger partial charge in [-0.2, -0.15) is 0 Å². The van der Waals surface area contributed by atoms with Crippen molar-refractivity contribution in [3.05, 3.63) is 83.6 Å². The first kappa shape index (κ1) is 21.0. The topological polar surface area (TPSA) is 49.6 Å². The Hall–Kier alpha value is -2.92. The molecule has 0 amide bonds. The fourth-order valence-electron chi connectivity index (χ4n) is 4.99. The summed E-state index contributed by atoms with van der Waals surface area (Å²) in [5, 5.41) is 0. The van der Waals surface area contributed by atoms with Crippen molar-refractivity contribution >= 4 is 11.5 Å². The lowest BCUT2D eigenvalue weighted by atomic mass is 9.80. The molecule has 2 heterocycles. The van der Waals surface area contributed by atoms with Gasteiger partial charge in [-0.05, 0) is 42.5 Å². The number of carbonyl (C=O) groups excluding carboxylic acids is 1. The van der Waals surface area contributed by atoms with Crippen LogP contribution >= 0.6 is 0 Å². The lowest BCUT2D eigenvalue weighted by Crippen LogP contribution is -2.48. The lowest BCUT2D eigenvalue weighted by molar-refractivity contribution is -0.124. The van der Waals surface area contributed by atoms with Crippen LogP contribution in [0, 0.1) is 12.8 Å². The maximum atomic E-state index is 12.4. The number of Topliss-reactive ketones (excluding diaryl/α,β-unsaturated/α-hetero) is 1. The highest BCUT2D eigenvalue weighted by molar-refractivity contribution is 5.84. The Morgan fingerprint density at radius 1 is 1.09 bits per heavy atom. The third-order valence-corrected chi connectivity index (χ3v) is 7.02. The van der Waals surface area contributed by atoms with E-state index in [-0.39, 0.29) is 6.04 Å². The Morgan fingerprint density at radius 3 is 2.50 bits per heavy atom. The molecule has 3 aromatic rings. The summed E-state index contributed by atoms with van der Waals surface area (Å²) in [4.78, 5) is 21.8. The second-order valence-corrected chi connectivity index (χ2v) is 9.10. The minimum Gasteiger partial charge on any atom is -0.447 e. The van der Waals surface area contributed by atoms with Crippen LogP contribution in [0.25, 0.3) is 0 Å². The van der Waals surface area contributed by atoms with Gasteiger partial charge in [-0.15, -0.1) is 0 Å². The quantitative estimate of drug-likeness (QED) is 0.540. The third-order valence-electron chi connectivity index (χ3n) is 7.02. The highest BCUT2D eigenvalue weighted by atomic mass is 16.3. The first-order valence-electron chi connectivity index (χ1n) is 11.7. The zero-order valence-electron chi connectivity index (χ0n) is 18.7. The summed E-state index contributed by atoms with van der Waals surface area (Å²) < 4.78 is 5.71. The highest BCUT2D eigenvalue weighted by Crippen LogP contribution is 2.31. The van der Waals surface area contributed by atoms with E-state index < -0.39 is 0 Å². The van der Waals surface area contributed by atoms with E-state index >= 15 is 0 Å². The molecule has 32 heavy (non-hydrogen) atoms. The number of oxazole rings is 1. The third kappa shape index (κ3) is 4.35. The van der Waals surface area contributed by atoms with Crippen LogP contribution in [0.3, 0.4) is 0 Å². The zero-order valence-corrected chi connectivity index (χ0v) is 18.7. The van der Waals surface area contributed by atoms with E-state index in [9.17, 15) is 4.79 Å². The van der Waals surface area contributed by atoms with E-state index in [4.69, 9.17) is 4.42 Å². The van der Waals surface area contributed by atoms with Crippen molar-refractivity contribution in [2.24, 2.45) is 5.92 Å². The molecule has 1 unspecified atom stereocenters. The van der Waals surface area contributed by atoms with Crippen LogP contribution in [0.15, 0.2) is 65.4 Å².